The predicted octanol–water partition coefficient (Wildman–Crippen LogP) is 4.05. The fourth-order valence-corrected chi connectivity index (χ4v) is 3.06. The van der Waals surface area contributed by atoms with Crippen molar-refractivity contribution in [2.45, 2.75) is 13.0 Å². The number of para-hydroxylation sites is 2. The van der Waals surface area contributed by atoms with Gasteiger partial charge < -0.3 is 11.1 Å². The maximum atomic E-state index is 5.99. The molecule has 0 radical (unpaired) electrons. The fourth-order valence-electron chi connectivity index (χ4n) is 2.10. The lowest BCUT2D eigenvalue weighted by Gasteiger charge is -2.15. The van der Waals surface area contributed by atoms with E-state index in [0.717, 1.165) is 21.9 Å². The number of thiazole rings is 1. The highest BCUT2D eigenvalue weighted by atomic mass is 32.1. The van der Waals surface area contributed by atoms with Crippen LogP contribution in [0.25, 0.3) is 10.2 Å². The van der Waals surface area contributed by atoms with Gasteiger partial charge in [-0.15, -0.1) is 0 Å². The smallest absolute Gasteiger partial charge is 0.184 e. The van der Waals surface area contributed by atoms with Crippen molar-refractivity contribution < 1.29 is 0 Å². The fraction of sp³-hybridized carbons (Fsp3) is 0.133. The molecule has 0 bridgehead atoms. The molecular formula is C15H15N3S. The van der Waals surface area contributed by atoms with Crippen LogP contribution < -0.4 is 11.1 Å². The van der Waals surface area contributed by atoms with Crippen molar-refractivity contribution in [3.05, 3.63) is 54.1 Å². The van der Waals surface area contributed by atoms with E-state index in [9.17, 15) is 0 Å². The quantitative estimate of drug-likeness (QED) is 0.705. The molecule has 3 nitrogen and oxygen atoms in total. The van der Waals surface area contributed by atoms with Crippen LogP contribution >= 0.6 is 11.3 Å². The maximum absolute atomic E-state index is 5.99. The number of nitrogens with zero attached hydrogens (tertiary/aromatic N) is 1. The standard InChI is InChI=1S/C15H15N3S/c1-10(11-6-2-3-7-12(11)16)17-15-18-13-8-4-5-9-14(13)19-15/h2-10H,16H2,1H3,(H,17,18). The van der Waals surface area contributed by atoms with Gasteiger partial charge in [-0.1, -0.05) is 41.7 Å². The number of hydrogen-bond donors (Lipinski definition) is 2. The highest BCUT2D eigenvalue weighted by Crippen LogP contribution is 2.29. The molecule has 3 N–H and O–H groups in total. The van der Waals surface area contributed by atoms with E-state index in [2.05, 4.69) is 23.3 Å². The molecule has 1 atom stereocenters. The van der Waals surface area contributed by atoms with E-state index in [1.54, 1.807) is 11.3 Å². The van der Waals surface area contributed by atoms with Gasteiger partial charge in [-0.3, -0.25) is 0 Å². The second-order valence-corrected chi connectivity index (χ2v) is 5.51. The summed E-state index contributed by atoms with van der Waals surface area (Å²) in [4.78, 5) is 4.57. The maximum Gasteiger partial charge on any atom is 0.184 e. The number of fused-ring (bicyclic) bond motifs is 1. The van der Waals surface area contributed by atoms with Crippen molar-refractivity contribution in [3.63, 3.8) is 0 Å². The average molecular weight is 269 g/mol. The first kappa shape index (κ1) is 12.0. The first-order valence-corrected chi connectivity index (χ1v) is 7.02. The summed E-state index contributed by atoms with van der Waals surface area (Å²) in [7, 11) is 0. The molecule has 0 saturated heterocycles. The van der Waals surface area contributed by atoms with Gasteiger partial charge in [0.2, 0.25) is 0 Å². The predicted molar refractivity (Wildman–Crippen MR) is 82.5 cm³/mol. The highest BCUT2D eigenvalue weighted by Gasteiger charge is 2.10. The third kappa shape index (κ3) is 2.39. The van der Waals surface area contributed by atoms with Crippen molar-refractivity contribution in [1.82, 2.24) is 4.98 Å². The van der Waals surface area contributed by atoms with E-state index >= 15 is 0 Å². The first-order chi connectivity index (χ1) is 9.24. The number of rotatable bonds is 3. The van der Waals surface area contributed by atoms with E-state index in [1.165, 1.54) is 4.70 Å². The number of nitrogens with one attached hydrogen (secondary N) is 1. The largest absolute Gasteiger partial charge is 0.398 e. The Labute approximate surface area is 116 Å². The molecule has 2 aromatic carbocycles. The molecule has 0 aliphatic rings. The van der Waals surface area contributed by atoms with Gasteiger partial charge in [-0.25, -0.2) is 4.98 Å². The van der Waals surface area contributed by atoms with Crippen LogP contribution in [-0.4, -0.2) is 4.98 Å². The number of benzene rings is 2. The van der Waals surface area contributed by atoms with Crippen LogP contribution in [0, 0.1) is 0 Å². The second-order valence-electron chi connectivity index (χ2n) is 4.48. The SMILES string of the molecule is CC(Nc1nc2ccccc2s1)c1ccccc1N. The molecule has 3 aromatic rings. The Balaban J connectivity index is 1.86. The van der Waals surface area contributed by atoms with E-state index in [1.807, 2.05) is 42.5 Å². The normalized spacial score (nSPS) is 12.5. The van der Waals surface area contributed by atoms with Crippen LogP contribution in [0.2, 0.25) is 0 Å². The van der Waals surface area contributed by atoms with Crippen molar-refractivity contribution in [2.75, 3.05) is 11.1 Å². The Bertz CT molecular complexity index is 672. The summed E-state index contributed by atoms with van der Waals surface area (Å²) in [6.45, 7) is 2.10. The lowest BCUT2D eigenvalue weighted by molar-refractivity contribution is 0.886. The van der Waals surface area contributed by atoms with Crippen LogP contribution in [0.1, 0.15) is 18.5 Å². The molecule has 1 unspecified atom stereocenters. The topological polar surface area (TPSA) is 50.9 Å². The minimum Gasteiger partial charge on any atom is -0.398 e. The number of hydrogen-bond acceptors (Lipinski definition) is 4. The van der Waals surface area contributed by atoms with Crippen LogP contribution in [0.4, 0.5) is 10.8 Å². The number of nitrogen functional groups attached to an aromatic ring is 1. The molecule has 0 aliphatic carbocycles. The molecule has 1 aromatic heterocycles. The molecule has 0 amide bonds. The molecule has 3 rings (SSSR count). The Morgan fingerprint density at radius 3 is 2.63 bits per heavy atom. The van der Waals surface area contributed by atoms with Gasteiger partial charge >= 0.3 is 0 Å². The molecule has 0 saturated carbocycles. The average Bonchev–Trinajstić information content (AvgIpc) is 2.81. The third-order valence-corrected chi connectivity index (χ3v) is 4.06. The van der Waals surface area contributed by atoms with Crippen molar-refractivity contribution in [1.29, 1.82) is 0 Å². The molecule has 0 aliphatic heterocycles. The van der Waals surface area contributed by atoms with Gasteiger partial charge in [0.15, 0.2) is 5.13 Å². The monoisotopic (exact) mass is 269 g/mol. The van der Waals surface area contributed by atoms with E-state index in [-0.39, 0.29) is 6.04 Å². The lowest BCUT2D eigenvalue weighted by atomic mass is 10.1. The van der Waals surface area contributed by atoms with Crippen LogP contribution in [0.3, 0.4) is 0 Å². The lowest BCUT2D eigenvalue weighted by Crippen LogP contribution is -2.08. The van der Waals surface area contributed by atoms with Crippen LogP contribution in [0.5, 0.6) is 0 Å². The van der Waals surface area contributed by atoms with Gasteiger partial charge in [0.25, 0.3) is 0 Å². The van der Waals surface area contributed by atoms with Crippen molar-refractivity contribution in [3.8, 4) is 0 Å². The summed E-state index contributed by atoms with van der Waals surface area (Å²) >= 11 is 1.66. The first-order valence-electron chi connectivity index (χ1n) is 6.20. The minimum atomic E-state index is 0.141. The molecule has 0 fully saturated rings. The Morgan fingerprint density at radius 1 is 1.11 bits per heavy atom. The summed E-state index contributed by atoms with van der Waals surface area (Å²) in [5.74, 6) is 0. The van der Waals surface area contributed by atoms with Crippen LogP contribution in [-0.2, 0) is 0 Å². The molecule has 1 heterocycles. The zero-order valence-electron chi connectivity index (χ0n) is 10.6. The van der Waals surface area contributed by atoms with E-state index in [0.29, 0.717) is 0 Å². The Hall–Kier alpha value is -2.07. The summed E-state index contributed by atoms with van der Waals surface area (Å²) in [5.41, 5.74) is 8.93. The second kappa shape index (κ2) is 4.90. The Morgan fingerprint density at radius 2 is 1.84 bits per heavy atom. The number of anilines is 2. The summed E-state index contributed by atoms with van der Waals surface area (Å²) in [6.07, 6.45) is 0. The zero-order valence-corrected chi connectivity index (χ0v) is 11.4. The highest BCUT2D eigenvalue weighted by molar-refractivity contribution is 7.22. The third-order valence-electron chi connectivity index (χ3n) is 3.10. The zero-order chi connectivity index (χ0) is 13.2. The summed E-state index contributed by atoms with van der Waals surface area (Å²) < 4.78 is 1.19. The summed E-state index contributed by atoms with van der Waals surface area (Å²) in [5, 5.41) is 4.34. The van der Waals surface area contributed by atoms with Crippen LogP contribution in [0.15, 0.2) is 48.5 Å². The molecule has 96 valence electrons. The molecule has 19 heavy (non-hydrogen) atoms. The van der Waals surface area contributed by atoms with E-state index in [4.69, 9.17) is 5.73 Å². The molecule has 4 heteroatoms. The van der Waals surface area contributed by atoms with Gasteiger partial charge in [0.05, 0.1) is 16.3 Å². The van der Waals surface area contributed by atoms with E-state index < -0.39 is 0 Å². The number of nitrogens with two attached hydrogens (primary N) is 1. The minimum absolute atomic E-state index is 0.141. The van der Waals surface area contributed by atoms with Gasteiger partial charge in [0, 0.05) is 5.69 Å². The summed E-state index contributed by atoms with van der Waals surface area (Å²) in [6, 6.07) is 16.2. The van der Waals surface area contributed by atoms with Gasteiger partial charge in [0.1, 0.15) is 0 Å². The number of aromatic nitrogens is 1. The van der Waals surface area contributed by atoms with Crippen molar-refractivity contribution >= 4 is 32.4 Å². The van der Waals surface area contributed by atoms with Gasteiger partial charge in [-0.2, -0.15) is 0 Å². The molecular weight excluding hydrogens is 254 g/mol. The van der Waals surface area contributed by atoms with Gasteiger partial charge in [-0.05, 0) is 30.7 Å². The molecule has 0 spiro atoms. The van der Waals surface area contributed by atoms with Crippen molar-refractivity contribution in [2.24, 2.45) is 0 Å². The Kier molecular flexibility index (Phi) is 3.09.